The molecular formula is C21H27ClN2O3. The van der Waals surface area contributed by atoms with Gasteiger partial charge in [0.1, 0.15) is 0 Å². The molecule has 5 nitrogen and oxygen atoms in total. The van der Waals surface area contributed by atoms with Crippen LogP contribution >= 0.6 is 11.6 Å². The first-order valence-corrected chi connectivity index (χ1v) is 9.58. The first-order chi connectivity index (χ1) is 13.2. The third-order valence-electron chi connectivity index (χ3n) is 4.86. The smallest absolute Gasteiger partial charge is 0.161 e. The summed E-state index contributed by atoms with van der Waals surface area (Å²) in [6.45, 7) is 5.03. The molecule has 0 bridgehead atoms. The standard InChI is InChI=1S/C21H27ClN2O3/c1-25-20-8-3-16(13-21(20)26-2)14-23-15-19(24-9-11-27-12-10-24)17-4-6-18(22)7-5-17/h3-8,13,19,23H,9-12,14-15H2,1-2H3. The van der Waals surface area contributed by atoms with Crippen molar-refractivity contribution in [1.82, 2.24) is 10.2 Å². The van der Waals surface area contributed by atoms with E-state index in [1.807, 2.05) is 24.3 Å². The van der Waals surface area contributed by atoms with Crippen LogP contribution in [-0.2, 0) is 11.3 Å². The van der Waals surface area contributed by atoms with Crippen molar-refractivity contribution in [2.24, 2.45) is 0 Å². The fourth-order valence-electron chi connectivity index (χ4n) is 3.38. The number of methoxy groups -OCH3 is 2. The predicted octanol–water partition coefficient (Wildman–Crippen LogP) is 3.52. The van der Waals surface area contributed by atoms with Gasteiger partial charge < -0.3 is 19.5 Å². The summed E-state index contributed by atoms with van der Waals surface area (Å²) in [4.78, 5) is 2.47. The van der Waals surface area contributed by atoms with Gasteiger partial charge in [0.15, 0.2) is 11.5 Å². The number of hydrogen-bond acceptors (Lipinski definition) is 5. The Labute approximate surface area is 166 Å². The molecule has 1 saturated heterocycles. The number of morpholine rings is 1. The summed E-state index contributed by atoms with van der Waals surface area (Å²) in [6, 6.07) is 14.4. The van der Waals surface area contributed by atoms with Gasteiger partial charge in [-0.3, -0.25) is 4.90 Å². The minimum atomic E-state index is 0.284. The van der Waals surface area contributed by atoms with Gasteiger partial charge in [-0.1, -0.05) is 29.8 Å². The number of benzene rings is 2. The van der Waals surface area contributed by atoms with E-state index in [1.54, 1.807) is 14.2 Å². The van der Waals surface area contributed by atoms with Gasteiger partial charge in [0.25, 0.3) is 0 Å². The summed E-state index contributed by atoms with van der Waals surface area (Å²) in [5, 5.41) is 4.35. The molecule has 2 aromatic carbocycles. The van der Waals surface area contributed by atoms with E-state index in [2.05, 4.69) is 28.4 Å². The summed E-state index contributed by atoms with van der Waals surface area (Å²) in [7, 11) is 3.30. The average molecular weight is 391 g/mol. The summed E-state index contributed by atoms with van der Waals surface area (Å²) >= 11 is 6.07. The molecule has 0 saturated carbocycles. The lowest BCUT2D eigenvalue weighted by Crippen LogP contribution is -2.42. The van der Waals surface area contributed by atoms with Gasteiger partial charge in [0, 0.05) is 37.2 Å². The Morgan fingerprint density at radius 3 is 2.41 bits per heavy atom. The van der Waals surface area contributed by atoms with E-state index in [0.717, 1.165) is 61.5 Å². The van der Waals surface area contributed by atoms with Crippen molar-refractivity contribution in [2.45, 2.75) is 12.6 Å². The molecule has 0 radical (unpaired) electrons. The molecule has 0 aliphatic carbocycles. The number of nitrogens with one attached hydrogen (secondary N) is 1. The van der Waals surface area contributed by atoms with Crippen molar-refractivity contribution in [3.05, 3.63) is 58.6 Å². The van der Waals surface area contributed by atoms with E-state index >= 15 is 0 Å². The van der Waals surface area contributed by atoms with Crippen LogP contribution in [-0.4, -0.2) is 52.0 Å². The number of ether oxygens (including phenoxy) is 3. The van der Waals surface area contributed by atoms with Crippen LogP contribution in [0.1, 0.15) is 17.2 Å². The molecule has 1 aliphatic heterocycles. The molecule has 0 aromatic heterocycles. The first kappa shape index (κ1) is 20.0. The van der Waals surface area contributed by atoms with Gasteiger partial charge in [-0.15, -0.1) is 0 Å². The van der Waals surface area contributed by atoms with E-state index < -0.39 is 0 Å². The van der Waals surface area contributed by atoms with Gasteiger partial charge in [0.2, 0.25) is 0 Å². The summed E-state index contributed by atoms with van der Waals surface area (Å²) < 4.78 is 16.2. The SMILES string of the molecule is COc1ccc(CNCC(c2ccc(Cl)cc2)N2CCOCC2)cc1OC. The molecule has 1 heterocycles. The summed E-state index contributed by atoms with van der Waals surface area (Å²) in [5.41, 5.74) is 2.42. The molecule has 0 spiro atoms. The van der Waals surface area contributed by atoms with Crippen molar-refractivity contribution < 1.29 is 14.2 Å². The van der Waals surface area contributed by atoms with Crippen LogP contribution in [0.5, 0.6) is 11.5 Å². The molecule has 1 aliphatic rings. The highest BCUT2D eigenvalue weighted by atomic mass is 35.5. The molecule has 0 amide bonds. The van der Waals surface area contributed by atoms with Gasteiger partial charge >= 0.3 is 0 Å². The van der Waals surface area contributed by atoms with Crippen molar-refractivity contribution in [2.75, 3.05) is 47.1 Å². The highest BCUT2D eigenvalue weighted by Gasteiger charge is 2.22. The largest absolute Gasteiger partial charge is 0.493 e. The van der Waals surface area contributed by atoms with E-state index in [4.69, 9.17) is 25.8 Å². The zero-order valence-electron chi connectivity index (χ0n) is 15.9. The van der Waals surface area contributed by atoms with Crippen molar-refractivity contribution in [1.29, 1.82) is 0 Å². The molecule has 1 N–H and O–H groups in total. The van der Waals surface area contributed by atoms with Gasteiger partial charge in [-0.2, -0.15) is 0 Å². The van der Waals surface area contributed by atoms with E-state index in [-0.39, 0.29) is 6.04 Å². The molecule has 1 atom stereocenters. The Kier molecular flexibility index (Phi) is 7.35. The van der Waals surface area contributed by atoms with Crippen LogP contribution in [0.4, 0.5) is 0 Å². The minimum Gasteiger partial charge on any atom is -0.493 e. The molecule has 6 heteroatoms. The van der Waals surface area contributed by atoms with Crippen molar-refractivity contribution >= 4 is 11.6 Å². The number of nitrogens with zero attached hydrogens (tertiary/aromatic N) is 1. The monoisotopic (exact) mass is 390 g/mol. The van der Waals surface area contributed by atoms with Gasteiger partial charge in [-0.25, -0.2) is 0 Å². The third kappa shape index (κ3) is 5.36. The number of rotatable bonds is 8. The van der Waals surface area contributed by atoms with Crippen LogP contribution in [0.2, 0.25) is 5.02 Å². The maximum Gasteiger partial charge on any atom is 0.161 e. The topological polar surface area (TPSA) is 43.0 Å². The fourth-order valence-corrected chi connectivity index (χ4v) is 3.50. The van der Waals surface area contributed by atoms with Gasteiger partial charge in [-0.05, 0) is 35.4 Å². The van der Waals surface area contributed by atoms with Crippen LogP contribution in [0.3, 0.4) is 0 Å². The third-order valence-corrected chi connectivity index (χ3v) is 5.11. The molecule has 1 unspecified atom stereocenters. The molecule has 1 fully saturated rings. The Bertz CT molecular complexity index is 718. The Morgan fingerprint density at radius 1 is 1.04 bits per heavy atom. The lowest BCUT2D eigenvalue weighted by Gasteiger charge is -2.35. The summed E-state index contributed by atoms with van der Waals surface area (Å²) in [6.07, 6.45) is 0. The number of hydrogen-bond donors (Lipinski definition) is 1. The maximum atomic E-state index is 6.07. The van der Waals surface area contributed by atoms with Gasteiger partial charge in [0.05, 0.1) is 27.4 Å². The highest BCUT2D eigenvalue weighted by molar-refractivity contribution is 6.30. The second-order valence-corrected chi connectivity index (χ2v) is 6.97. The predicted molar refractivity (Wildman–Crippen MR) is 108 cm³/mol. The highest BCUT2D eigenvalue weighted by Crippen LogP contribution is 2.28. The zero-order chi connectivity index (χ0) is 19.1. The van der Waals surface area contributed by atoms with E-state index in [9.17, 15) is 0 Å². The zero-order valence-corrected chi connectivity index (χ0v) is 16.7. The molecule has 27 heavy (non-hydrogen) atoms. The normalized spacial score (nSPS) is 16.1. The second-order valence-electron chi connectivity index (χ2n) is 6.54. The van der Waals surface area contributed by atoms with Crippen molar-refractivity contribution in [3.63, 3.8) is 0 Å². The lowest BCUT2D eigenvalue weighted by atomic mass is 10.0. The van der Waals surface area contributed by atoms with Crippen LogP contribution < -0.4 is 14.8 Å². The van der Waals surface area contributed by atoms with Crippen LogP contribution in [0.25, 0.3) is 0 Å². The molecular weight excluding hydrogens is 364 g/mol. The van der Waals surface area contributed by atoms with E-state index in [0.29, 0.717) is 0 Å². The first-order valence-electron chi connectivity index (χ1n) is 9.20. The minimum absolute atomic E-state index is 0.284. The Hall–Kier alpha value is -1.79. The number of halogens is 1. The quantitative estimate of drug-likeness (QED) is 0.747. The molecule has 2 aromatic rings. The lowest BCUT2D eigenvalue weighted by molar-refractivity contribution is 0.0161. The van der Waals surface area contributed by atoms with Crippen LogP contribution in [0, 0.1) is 0 Å². The van der Waals surface area contributed by atoms with E-state index in [1.165, 1.54) is 5.56 Å². The fraction of sp³-hybridized carbons (Fsp3) is 0.429. The molecule has 146 valence electrons. The van der Waals surface area contributed by atoms with Crippen LogP contribution in [0.15, 0.2) is 42.5 Å². The Balaban J connectivity index is 1.66. The maximum absolute atomic E-state index is 6.07. The summed E-state index contributed by atoms with van der Waals surface area (Å²) in [5.74, 6) is 1.49. The molecule has 3 rings (SSSR count). The second kappa shape index (κ2) is 9.95. The Morgan fingerprint density at radius 2 is 1.74 bits per heavy atom. The van der Waals surface area contributed by atoms with Crippen molar-refractivity contribution in [3.8, 4) is 11.5 Å². The average Bonchev–Trinajstić information content (AvgIpc) is 2.72.